The molecule has 3 rings (SSSR count). The molecule has 0 aliphatic carbocycles. The molecule has 21 heavy (non-hydrogen) atoms. The lowest BCUT2D eigenvalue weighted by Gasteiger charge is -2.18. The molecule has 1 unspecified atom stereocenters. The SMILES string of the molecule is Cc1nn(C)c2c1nc(CCCl)n2C(C)c1ccccc1. The van der Waals surface area contributed by atoms with Gasteiger partial charge >= 0.3 is 0 Å². The van der Waals surface area contributed by atoms with Gasteiger partial charge in [0.25, 0.3) is 0 Å². The van der Waals surface area contributed by atoms with Crippen LogP contribution in [0.25, 0.3) is 11.2 Å². The molecule has 0 saturated carbocycles. The first-order chi connectivity index (χ1) is 10.1. The Hall–Kier alpha value is -1.81. The topological polar surface area (TPSA) is 35.6 Å². The number of rotatable bonds is 4. The third-order valence-electron chi connectivity index (χ3n) is 3.90. The number of alkyl halides is 1. The van der Waals surface area contributed by atoms with Crippen molar-refractivity contribution in [2.75, 3.05) is 5.88 Å². The van der Waals surface area contributed by atoms with Crippen molar-refractivity contribution in [2.24, 2.45) is 7.05 Å². The van der Waals surface area contributed by atoms with E-state index in [9.17, 15) is 0 Å². The number of aryl methyl sites for hydroxylation is 3. The average Bonchev–Trinajstić information content (AvgIpc) is 2.98. The maximum atomic E-state index is 5.96. The number of hydrogen-bond acceptors (Lipinski definition) is 2. The third-order valence-corrected chi connectivity index (χ3v) is 4.08. The fraction of sp³-hybridized carbons (Fsp3) is 0.375. The Morgan fingerprint density at radius 3 is 2.62 bits per heavy atom. The summed E-state index contributed by atoms with van der Waals surface area (Å²) in [5, 5.41) is 4.49. The van der Waals surface area contributed by atoms with Crippen molar-refractivity contribution < 1.29 is 0 Å². The molecule has 110 valence electrons. The lowest BCUT2D eigenvalue weighted by Crippen LogP contribution is -2.13. The molecule has 0 N–H and O–H groups in total. The Labute approximate surface area is 129 Å². The van der Waals surface area contributed by atoms with Crippen LogP contribution in [0.4, 0.5) is 0 Å². The molecular weight excluding hydrogens is 284 g/mol. The number of nitrogens with zero attached hydrogens (tertiary/aromatic N) is 4. The van der Waals surface area contributed by atoms with Crippen LogP contribution >= 0.6 is 11.6 Å². The fourth-order valence-electron chi connectivity index (χ4n) is 2.89. The lowest BCUT2D eigenvalue weighted by molar-refractivity contribution is 0.599. The van der Waals surface area contributed by atoms with Gasteiger partial charge in [-0.25, -0.2) is 4.98 Å². The molecule has 3 aromatic rings. The van der Waals surface area contributed by atoms with E-state index >= 15 is 0 Å². The van der Waals surface area contributed by atoms with Gasteiger partial charge in [0.2, 0.25) is 0 Å². The second-order valence-corrected chi connectivity index (χ2v) is 5.68. The van der Waals surface area contributed by atoms with Crippen LogP contribution in [0.2, 0.25) is 0 Å². The number of halogens is 1. The quantitative estimate of drug-likeness (QED) is 0.692. The Balaban J connectivity index is 2.21. The van der Waals surface area contributed by atoms with Gasteiger partial charge in [0.1, 0.15) is 11.3 Å². The highest BCUT2D eigenvalue weighted by molar-refractivity contribution is 6.17. The maximum Gasteiger partial charge on any atom is 0.159 e. The predicted octanol–water partition coefficient (Wildman–Crippen LogP) is 3.47. The number of benzene rings is 1. The molecule has 5 heteroatoms. The number of aromatic nitrogens is 4. The molecule has 0 aliphatic heterocycles. The summed E-state index contributed by atoms with van der Waals surface area (Å²) in [6, 6.07) is 10.7. The van der Waals surface area contributed by atoms with Gasteiger partial charge in [-0.2, -0.15) is 5.10 Å². The highest BCUT2D eigenvalue weighted by atomic mass is 35.5. The van der Waals surface area contributed by atoms with E-state index in [4.69, 9.17) is 16.6 Å². The van der Waals surface area contributed by atoms with Crippen molar-refractivity contribution >= 4 is 22.8 Å². The van der Waals surface area contributed by atoms with Crippen LogP contribution in [0.15, 0.2) is 30.3 Å². The predicted molar refractivity (Wildman–Crippen MR) is 85.9 cm³/mol. The highest BCUT2D eigenvalue weighted by Gasteiger charge is 2.21. The Bertz CT molecular complexity index is 758. The third kappa shape index (κ3) is 2.33. The first-order valence-electron chi connectivity index (χ1n) is 7.14. The van der Waals surface area contributed by atoms with Gasteiger partial charge in [-0.15, -0.1) is 11.6 Å². The molecule has 0 aliphatic rings. The maximum absolute atomic E-state index is 5.96. The molecule has 0 radical (unpaired) electrons. The van der Waals surface area contributed by atoms with Crippen molar-refractivity contribution in [1.82, 2.24) is 19.3 Å². The van der Waals surface area contributed by atoms with E-state index < -0.39 is 0 Å². The molecule has 1 atom stereocenters. The molecule has 0 saturated heterocycles. The van der Waals surface area contributed by atoms with Gasteiger partial charge in [-0.05, 0) is 19.4 Å². The summed E-state index contributed by atoms with van der Waals surface area (Å²) < 4.78 is 4.17. The molecule has 4 nitrogen and oxygen atoms in total. The summed E-state index contributed by atoms with van der Waals surface area (Å²) in [6.07, 6.45) is 0.757. The van der Waals surface area contributed by atoms with Crippen molar-refractivity contribution in [1.29, 1.82) is 0 Å². The second-order valence-electron chi connectivity index (χ2n) is 5.30. The van der Waals surface area contributed by atoms with Crippen molar-refractivity contribution in [2.45, 2.75) is 26.3 Å². The van der Waals surface area contributed by atoms with Crippen LogP contribution in [0.1, 0.15) is 30.0 Å². The number of imidazole rings is 1. The molecular formula is C16H19ClN4. The van der Waals surface area contributed by atoms with Gasteiger partial charge in [-0.3, -0.25) is 4.68 Å². The molecule has 1 aromatic carbocycles. The smallest absolute Gasteiger partial charge is 0.159 e. The average molecular weight is 303 g/mol. The fourth-order valence-corrected chi connectivity index (χ4v) is 3.06. The summed E-state index contributed by atoms with van der Waals surface area (Å²) >= 11 is 5.96. The van der Waals surface area contributed by atoms with Gasteiger partial charge in [0.15, 0.2) is 5.65 Å². The van der Waals surface area contributed by atoms with Gasteiger partial charge in [0, 0.05) is 19.3 Å². The standard InChI is InChI=1S/C16H19ClN4/c1-11-15-16(20(3)19-11)21(14(18-15)9-10-17)12(2)13-7-5-4-6-8-13/h4-8,12H,9-10H2,1-3H3. The van der Waals surface area contributed by atoms with Crippen molar-refractivity contribution in [3.8, 4) is 0 Å². The minimum Gasteiger partial charge on any atom is -0.306 e. The van der Waals surface area contributed by atoms with E-state index in [-0.39, 0.29) is 6.04 Å². The molecule has 0 fully saturated rings. The lowest BCUT2D eigenvalue weighted by atomic mass is 10.1. The minimum absolute atomic E-state index is 0.198. The van der Waals surface area contributed by atoms with Crippen LogP contribution in [0.3, 0.4) is 0 Å². The van der Waals surface area contributed by atoms with E-state index in [1.54, 1.807) is 0 Å². The Morgan fingerprint density at radius 2 is 1.95 bits per heavy atom. The minimum atomic E-state index is 0.198. The van der Waals surface area contributed by atoms with Gasteiger partial charge < -0.3 is 4.57 Å². The summed E-state index contributed by atoms with van der Waals surface area (Å²) in [4.78, 5) is 4.76. The van der Waals surface area contributed by atoms with Crippen LogP contribution in [-0.4, -0.2) is 25.2 Å². The number of hydrogen-bond donors (Lipinski definition) is 0. The zero-order chi connectivity index (χ0) is 15.0. The summed E-state index contributed by atoms with van der Waals surface area (Å²) in [5.41, 5.74) is 4.25. The van der Waals surface area contributed by atoms with Crippen LogP contribution in [0.5, 0.6) is 0 Å². The van der Waals surface area contributed by atoms with Crippen LogP contribution in [-0.2, 0) is 13.5 Å². The van der Waals surface area contributed by atoms with Crippen molar-refractivity contribution in [3.05, 3.63) is 47.4 Å². The highest BCUT2D eigenvalue weighted by Crippen LogP contribution is 2.27. The summed E-state index contributed by atoms with van der Waals surface area (Å²) in [7, 11) is 1.97. The molecule has 2 heterocycles. The summed E-state index contributed by atoms with van der Waals surface area (Å²) in [5.74, 6) is 1.59. The van der Waals surface area contributed by atoms with Gasteiger partial charge in [0.05, 0.1) is 11.7 Å². The van der Waals surface area contributed by atoms with E-state index in [2.05, 4.69) is 40.9 Å². The first-order valence-corrected chi connectivity index (χ1v) is 7.68. The van der Waals surface area contributed by atoms with E-state index in [1.807, 2.05) is 24.7 Å². The van der Waals surface area contributed by atoms with Crippen LogP contribution in [0, 0.1) is 6.92 Å². The van der Waals surface area contributed by atoms with Gasteiger partial charge in [-0.1, -0.05) is 30.3 Å². The first kappa shape index (κ1) is 14.1. The summed E-state index contributed by atoms with van der Waals surface area (Å²) in [6.45, 7) is 4.19. The zero-order valence-electron chi connectivity index (χ0n) is 12.5. The molecule has 0 amide bonds. The normalized spacial score (nSPS) is 13.0. The van der Waals surface area contributed by atoms with Crippen LogP contribution < -0.4 is 0 Å². The number of fused-ring (bicyclic) bond motifs is 1. The Kier molecular flexibility index (Phi) is 3.72. The van der Waals surface area contributed by atoms with E-state index in [1.165, 1.54) is 5.56 Å². The molecule has 0 spiro atoms. The van der Waals surface area contributed by atoms with Crippen molar-refractivity contribution in [3.63, 3.8) is 0 Å². The second kappa shape index (κ2) is 5.53. The van der Waals surface area contributed by atoms with E-state index in [0.29, 0.717) is 5.88 Å². The van der Waals surface area contributed by atoms with E-state index in [0.717, 1.165) is 29.1 Å². The zero-order valence-corrected chi connectivity index (χ0v) is 13.3. The monoisotopic (exact) mass is 302 g/mol. The largest absolute Gasteiger partial charge is 0.306 e. The molecule has 0 bridgehead atoms. The Morgan fingerprint density at radius 1 is 1.24 bits per heavy atom. The molecule has 2 aromatic heterocycles.